The summed E-state index contributed by atoms with van der Waals surface area (Å²) >= 11 is 0. The van der Waals surface area contributed by atoms with Crippen molar-refractivity contribution >= 4 is 11.9 Å². The summed E-state index contributed by atoms with van der Waals surface area (Å²) in [5, 5.41) is 11.9. The molecule has 1 aromatic heterocycles. The quantitative estimate of drug-likeness (QED) is 0.796. The Kier molecular flexibility index (Phi) is 4.42. The maximum Gasteiger partial charge on any atom is 0.329 e. The van der Waals surface area contributed by atoms with E-state index in [-0.39, 0.29) is 11.9 Å². The minimum Gasteiger partial charge on any atom is -0.480 e. The van der Waals surface area contributed by atoms with Gasteiger partial charge in [-0.25, -0.2) is 9.78 Å². The number of nitrogens with zero attached hydrogens (tertiary/aromatic N) is 2. The number of aromatic nitrogens is 2. The van der Waals surface area contributed by atoms with Crippen molar-refractivity contribution in [1.29, 1.82) is 0 Å². The number of carboxylic acids is 1. The number of nitrogens with one attached hydrogen (secondary N) is 1. The largest absolute Gasteiger partial charge is 0.480 e. The second-order valence-corrected chi connectivity index (χ2v) is 5.45. The number of carbonyl (C=O) groups excluding carboxylic acids is 1. The number of hydrogen-bond acceptors (Lipinski definition) is 3. The molecule has 2 N–H and O–H groups in total. The van der Waals surface area contributed by atoms with Crippen molar-refractivity contribution in [3.05, 3.63) is 18.7 Å². The van der Waals surface area contributed by atoms with E-state index in [1.807, 2.05) is 10.8 Å². The fourth-order valence-corrected chi connectivity index (χ4v) is 2.63. The first-order valence-electron chi connectivity index (χ1n) is 7.09. The first-order valence-corrected chi connectivity index (χ1v) is 7.09. The van der Waals surface area contributed by atoms with Crippen LogP contribution in [0.1, 0.15) is 51.5 Å². The number of hydrogen-bond donors (Lipinski definition) is 2. The van der Waals surface area contributed by atoms with Crippen LogP contribution in [-0.2, 0) is 9.59 Å². The predicted octanol–water partition coefficient (Wildman–Crippen LogP) is 1.74. The van der Waals surface area contributed by atoms with E-state index in [0.717, 1.165) is 19.3 Å². The summed E-state index contributed by atoms with van der Waals surface area (Å²) in [6.45, 7) is 2.06. The Morgan fingerprint density at radius 3 is 2.70 bits per heavy atom. The Hall–Kier alpha value is -1.85. The molecule has 1 aromatic rings. The van der Waals surface area contributed by atoms with Gasteiger partial charge >= 0.3 is 5.97 Å². The van der Waals surface area contributed by atoms with E-state index >= 15 is 0 Å². The van der Waals surface area contributed by atoms with E-state index in [0.29, 0.717) is 19.3 Å². The lowest BCUT2D eigenvalue weighted by atomic mass is 9.76. The summed E-state index contributed by atoms with van der Waals surface area (Å²) in [4.78, 5) is 27.4. The predicted molar refractivity (Wildman–Crippen MR) is 73.1 cm³/mol. The van der Waals surface area contributed by atoms with Gasteiger partial charge in [0.1, 0.15) is 5.54 Å². The van der Waals surface area contributed by atoms with Crippen molar-refractivity contribution in [2.24, 2.45) is 0 Å². The molecule has 1 unspecified atom stereocenters. The van der Waals surface area contributed by atoms with Gasteiger partial charge in [-0.15, -0.1) is 0 Å². The summed E-state index contributed by atoms with van der Waals surface area (Å²) < 4.78 is 1.91. The SMILES string of the molecule is CCCC(CC(=O)NC1(C(=O)O)CCC1)n1ccnc1. The van der Waals surface area contributed by atoms with E-state index in [2.05, 4.69) is 17.2 Å². The van der Waals surface area contributed by atoms with Gasteiger partial charge in [0.05, 0.1) is 6.33 Å². The summed E-state index contributed by atoms with van der Waals surface area (Å²) in [5.41, 5.74) is -1.03. The van der Waals surface area contributed by atoms with Crippen LogP contribution in [0.3, 0.4) is 0 Å². The molecule has 6 nitrogen and oxygen atoms in total. The van der Waals surface area contributed by atoms with Crippen LogP contribution in [0.15, 0.2) is 18.7 Å². The third kappa shape index (κ3) is 3.00. The standard InChI is InChI=1S/C14H21N3O3/c1-2-4-11(17-8-7-15-10-17)9-12(18)16-14(13(19)20)5-3-6-14/h7-8,10-11H,2-6,9H2,1H3,(H,16,18)(H,19,20). The fraction of sp³-hybridized carbons (Fsp3) is 0.643. The Bertz CT molecular complexity index is 466. The second-order valence-electron chi connectivity index (χ2n) is 5.45. The van der Waals surface area contributed by atoms with Crippen LogP contribution in [0.25, 0.3) is 0 Å². The normalized spacial score (nSPS) is 18.1. The molecule has 6 heteroatoms. The molecule has 0 bridgehead atoms. The fourth-order valence-electron chi connectivity index (χ4n) is 2.63. The van der Waals surface area contributed by atoms with Gasteiger partial charge in [-0.2, -0.15) is 0 Å². The van der Waals surface area contributed by atoms with Gasteiger partial charge < -0.3 is 15.0 Å². The summed E-state index contributed by atoms with van der Waals surface area (Å²) in [6.07, 6.45) is 9.24. The summed E-state index contributed by atoms with van der Waals surface area (Å²) in [5.74, 6) is -1.12. The number of carbonyl (C=O) groups is 2. The van der Waals surface area contributed by atoms with Gasteiger partial charge in [0, 0.05) is 24.9 Å². The highest BCUT2D eigenvalue weighted by molar-refractivity contribution is 5.88. The molecular formula is C14H21N3O3. The zero-order valence-electron chi connectivity index (χ0n) is 11.7. The van der Waals surface area contributed by atoms with Gasteiger partial charge in [0.25, 0.3) is 0 Å². The smallest absolute Gasteiger partial charge is 0.329 e. The lowest BCUT2D eigenvalue weighted by molar-refractivity contribution is -0.151. The minimum atomic E-state index is -1.03. The molecular weight excluding hydrogens is 258 g/mol. The lowest BCUT2D eigenvalue weighted by Gasteiger charge is -2.38. The first-order chi connectivity index (χ1) is 9.57. The van der Waals surface area contributed by atoms with E-state index in [4.69, 9.17) is 0 Å². The van der Waals surface area contributed by atoms with E-state index in [1.165, 1.54) is 0 Å². The van der Waals surface area contributed by atoms with Crippen LogP contribution in [0.2, 0.25) is 0 Å². The molecule has 1 aliphatic rings. The molecule has 0 radical (unpaired) electrons. The molecule has 1 atom stereocenters. The van der Waals surface area contributed by atoms with Crippen LogP contribution >= 0.6 is 0 Å². The molecule has 2 rings (SSSR count). The molecule has 1 heterocycles. The Balaban J connectivity index is 1.97. The number of rotatable bonds is 7. The molecule has 1 fully saturated rings. The van der Waals surface area contributed by atoms with Crippen molar-refractivity contribution in [3.63, 3.8) is 0 Å². The van der Waals surface area contributed by atoms with Crippen LogP contribution in [0.4, 0.5) is 0 Å². The summed E-state index contributed by atoms with van der Waals surface area (Å²) in [6, 6.07) is 0.0356. The number of imidazole rings is 1. The van der Waals surface area contributed by atoms with Gasteiger partial charge in [-0.05, 0) is 25.7 Å². The third-order valence-electron chi connectivity index (χ3n) is 3.98. The van der Waals surface area contributed by atoms with Crippen molar-refractivity contribution in [2.75, 3.05) is 0 Å². The van der Waals surface area contributed by atoms with Gasteiger partial charge in [0.15, 0.2) is 0 Å². The highest BCUT2D eigenvalue weighted by Crippen LogP contribution is 2.32. The number of amides is 1. The van der Waals surface area contributed by atoms with Crippen molar-refractivity contribution in [3.8, 4) is 0 Å². The average Bonchev–Trinajstić information content (AvgIpc) is 2.86. The Labute approximate surface area is 118 Å². The van der Waals surface area contributed by atoms with Gasteiger partial charge in [-0.3, -0.25) is 4.79 Å². The lowest BCUT2D eigenvalue weighted by Crippen LogP contribution is -2.59. The molecule has 20 heavy (non-hydrogen) atoms. The maximum atomic E-state index is 12.1. The Morgan fingerprint density at radius 2 is 2.25 bits per heavy atom. The molecule has 0 spiro atoms. The van der Waals surface area contributed by atoms with Crippen molar-refractivity contribution < 1.29 is 14.7 Å². The maximum absolute atomic E-state index is 12.1. The van der Waals surface area contributed by atoms with Crippen LogP contribution in [0.5, 0.6) is 0 Å². The zero-order valence-corrected chi connectivity index (χ0v) is 11.7. The van der Waals surface area contributed by atoms with Crippen molar-refractivity contribution in [1.82, 2.24) is 14.9 Å². The topological polar surface area (TPSA) is 84.2 Å². The number of aliphatic carboxylic acids is 1. The van der Waals surface area contributed by atoms with E-state index in [9.17, 15) is 14.7 Å². The molecule has 1 saturated carbocycles. The zero-order chi connectivity index (χ0) is 14.6. The van der Waals surface area contributed by atoms with Crippen LogP contribution < -0.4 is 5.32 Å². The first kappa shape index (κ1) is 14.6. The highest BCUT2D eigenvalue weighted by Gasteiger charge is 2.45. The van der Waals surface area contributed by atoms with Crippen molar-refractivity contribution in [2.45, 2.75) is 57.0 Å². The van der Waals surface area contributed by atoms with E-state index in [1.54, 1.807) is 12.5 Å². The summed E-state index contributed by atoms with van der Waals surface area (Å²) in [7, 11) is 0. The van der Waals surface area contributed by atoms with E-state index < -0.39 is 11.5 Å². The Morgan fingerprint density at radius 1 is 1.50 bits per heavy atom. The molecule has 0 saturated heterocycles. The van der Waals surface area contributed by atoms with Gasteiger partial charge in [-0.1, -0.05) is 13.3 Å². The molecule has 0 aromatic carbocycles. The minimum absolute atomic E-state index is 0.0356. The average molecular weight is 279 g/mol. The third-order valence-corrected chi connectivity index (χ3v) is 3.98. The van der Waals surface area contributed by atoms with Crippen LogP contribution in [-0.4, -0.2) is 32.1 Å². The monoisotopic (exact) mass is 279 g/mol. The van der Waals surface area contributed by atoms with Gasteiger partial charge in [0.2, 0.25) is 5.91 Å². The molecule has 1 aliphatic carbocycles. The second kappa shape index (κ2) is 6.07. The highest BCUT2D eigenvalue weighted by atomic mass is 16.4. The molecule has 110 valence electrons. The molecule has 1 amide bonds. The van der Waals surface area contributed by atoms with Crippen LogP contribution in [0, 0.1) is 0 Å². The number of carboxylic acid groups (broad SMARTS) is 1. The molecule has 0 aliphatic heterocycles.